The molecule has 0 saturated heterocycles. The van der Waals surface area contributed by atoms with Crippen LogP contribution in [-0.4, -0.2) is 42.4 Å². The molecule has 0 saturated carbocycles. The second-order valence-electron chi connectivity index (χ2n) is 6.93. The van der Waals surface area contributed by atoms with Gasteiger partial charge in [-0.1, -0.05) is 43.3 Å². The van der Waals surface area contributed by atoms with Crippen molar-refractivity contribution in [2.24, 2.45) is 0 Å². The van der Waals surface area contributed by atoms with Crippen LogP contribution in [0, 0.1) is 6.92 Å². The third-order valence-electron chi connectivity index (χ3n) is 4.83. The number of nitrogens with zero attached hydrogens (tertiary/aromatic N) is 2. The maximum atomic E-state index is 13.1. The number of likely N-dealkylation sites (N-methyl/N-ethyl adjacent to an activating group) is 1. The van der Waals surface area contributed by atoms with Crippen LogP contribution >= 0.6 is 0 Å². The third-order valence-corrected chi connectivity index (χ3v) is 4.83. The maximum Gasteiger partial charge on any atom is 0.244 e. The zero-order valence-corrected chi connectivity index (χ0v) is 17.3. The van der Waals surface area contributed by atoms with E-state index in [1.165, 1.54) is 0 Å². The number of carbonyl (C=O) groups excluding carboxylic acids is 2. The van der Waals surface area contributed by atoms with Crippen LogP contribution in [0.4, 0.5) is 11.4 Å². The lowest BCUT2D eigenvalue weighted by Crippen LogP contribution is -2.49. The van der Waals surface area contributed by atoms with E-state index in [2.05, 4.69) is 12.2 Å². The van der Waals surface area contributed by atoms with E-state index in [4.69, 9.17) is 0 Å². The molecule has 2 amide bonds. The molecule has 28 heavy (non-hydrogen) atoms. The monoisotopic (exact) mass is 381 g/mol. The van der Waals surface area contributed by atoms with Crippen LogP contribution in [-0.2, 0) is 9.59 Å². The molecule has 1 N–H and O–H groups in total. The minimum Gasteiger partial charge on any atom is -0.325 e. The van der Waals surface area contributed by atoms with Gasteiger partial charge in [-0.25, -0.2) is 0 Å². The molecule has 0 aliphatic carbocycles. The van der Waals surface area contributed by atoms with Crippen LogP contribution in [0.5, 0.6) is 0 Å². The van der Waals surface area contributed by atoms with Crippen LogP contribution in [0.1, 0.15) is 32.8 Å². The van der Waals surface area contributed by atoms with Crippen molar-refractivity contribution in [1.82, 2.24) is 4.90 Å². The SMILES string of the molecule is CCCN(CC(=O)Nc1ccccc1C)C(C)C(=O)N(CC)c1ccccc1. The summed E-state index contributed by atoms with van der Waals surface area (Å²) >= 11 is 0. The number of rotatable bonds is 9. The van der Waals surface area contributed by atoms with E-state index in [-0.39, 0.29) is 24.4 Å². The van der Waals surface area contributed by atoms with Gasteiger partial charge in [-0.2, -0.15) is 0 Å². The summed E-state index contributed by atoms with van der Waals surface area (Å²) in [7, 11) is 0. The Morgan fingerprint density at radius 2 is 1.64 bits per heavy atom. The Morgan fingerprint density at radius 1 is 1.00 bits per heavy atom. The Bertz CT molecular complexity index is 776. The minimum atomic E-state index is -0.386. The second-order valence-corrected chi connectivity index (χ2v) is 6.93. The van der Waals surface area contributed by atoms with Gasteiger partial charge in [-0.3, -0.25) is 14.5 Å². The smallest absolute Gasteiger partial charge is 0.244 e. The Hall–Kier alpha value is -2.66. The normalized spacial score (nSPS) is 11.9. The quantitative estimate of drug-likeness (QED) is 0.712. The Balaban J connectivity index is 2.09. The second kappa shape index (κ2) is 10.6. The van der Waals surface area contributed by atoms with E-state index in [0.717, 1.165) is 23.4 Å². The number of amides is 2. The van der Waals surface area contributed by atoms with Crippen molar-refractivity contribution in [2.45, 2.75) is 40.2 Å². The summed E-state index contributed by atoms with van der Waals surface area (Å²) in [6, 6.07) is 17.0. The summed E-state index contributed by atoms with van der Waals surface area (Å²) in [5, 5.41) is 2.96. The first-order valence-electron chi connectivity index (χ1n) is 9.93. The zero-order chi connectivity index (χ0) is 20.5. The van der Waals surface area contributed by atoms with E-state index < -0.39 is 0 Å². The highest BCUT2D eigenvalue weighted by atomic mass is 16.2. The molecule has 5 nitrogen and oxygen atoms in total. The van der Waals surface area contributed by atoms with Gasteiger partial charge in [0.05, 0.1) is 12.6 Å². The fourth-order valence-corrected chi connectivity index (χ4v) is 3.24. The molecule has 0 aromatic heterocycles. The van der Waals surface area contributed by atoms with Crippen LogP contribution < -0.4 is 10.2 Å². The van der Waals surface area contributed by atoms with Gasteiger partial charge in [0.1, 0.15) is 0 Å². The number of hydrogen-bond acceptors (Lipinski definition) is 3. The molecule has 0 radical (unpaired) electrons. The van der Waals surface area contributed by atoms with Gasteiger partial charge >= 0.3 is 0 Å². The third kappa shape index (κ3) is 5.67. The van der Waals surface area contributed by atoms with E-state index in [1.54, 1.807) is 4.90 Å². The number of nitrogens with one attached hydrogen (secondary N) is 1. The van der Waals surface area contributed by atoms with Crippen LogP contribution in [0.2, 0.25) is 0 Å². The highest BCUT2D eigenvalue weighted by Crippen LogP contribution is 2.17. The number of aryl methyl sites for hydroxylation is 1. The molecule has 1 unspecified atom stereocenters. The van der Waals surface area contributed by atoms with Gasteiger partial charge in [0.2, 0.25) is 11.8 Å². The lowest BCUT2D eigenvalue weighted by Gasteiger charge is -2.32. The molecule has 0 spiro atoms. The van der Waals surface area contributed by atoms with E-state index in [9.17, 15) is 9.59 Å². The molecule has 0 aliphatic rings. The number of benzene rings is 2. The summed E-state index contributed by atoms with van der Waals surface area (Å²) in [5.74, 6) is -0.101. The van der Waals surface area contributed by atoms with E-state index in [1.807, 2.05) is 80.3 Å². The zero-order valence-electron chi connectivity index (χ0n) is 17.3. The molecule has 5 heteroatoms. The summed E-state index contributed by atoms with van der Waals surface area (Å²) in [6.45, 7) is 9.31. The molecule has 0 fully saturated rings. The standard InChI is InChI=1S/C23H31N3O2/c1-5-16-25(17-22(27)24-21-15-11-10-12-18(21)3)19(4)23(28)26(6-2)20-13-8-7-9-14-20/h7-15,19H,5-6,16-17H2,1-4H3,(H,24,27). The topological polar surface area (TPSA) is 52.7 Å². The maximum absolute atomic E-state index is 13.1. The minimum absolute atomic E-state index is 0.00541. The molecule has 0 heterocycles. The van der Waals surface area contributed by atoms with Crippen molar-refractivity contribution in [3.63, 3.8) is 0 Å². The van der Waals surface area contributed by atoms with Gasteiger partial charge < -0.3 is 10.2 Å². The number of carbonyl (C=O) groups is 2. The molecular formula is C23H31N3O2. The van der Waals surface area contributed by atoms with Crippen LogP contribution in [0.15, 0.2) is 54.6 Å². The fraction of sp³-hybridized carbons (Fsp3) is 0.391. The summed E-state index contributed by atoms with van der Waals surface area (Å²) in [4.78, 5) is 29.5. The first kappa shape index (κ1) is 21.6. The van der Waals surface area contributed by atoms with Crippen molar-refractivity contribution in [2.75, 3.05) is 29.9 Å². The van der Waals surface area contributed by atoms with Gasteiger partial charge in [0, 0.05) is 17.9 Å². The van der Waals surface area contributed by atoms with Crippen molar-refractivity contribution >= 4 is 23.2 Å². The van der Waals surface area contributed by atoms with Gasteiger partial charge in [0.15, 0.2) is 0 Å². The van der Waals surface area contributed by atoms with E-state index in [0.29, 0.717) is 13.1 Å². The number of para-hydroxylation sites is 2. The van der Waals surface area contributed by atoms with Crippen molar-refractivity contribution in [1.29, 1.82) is 0 Å². The fourth-order valence-electron chi connectivity index (χ4n) is 3.24. The Labute approximate surface area is 168 Å². The first-order chi connectivity index (χ1) is 13.5. The van der Waals surface area contributed by atoms with Crippen LogP contribution in [0.25, 0.3) is 0 Å². The summed E-state index contributed by atoms with van der Waals surface area (Å²) < 4.78 is 0. The molecule has 2 rings (SSSR count). The van der Waals surface area contributed by atoms with Crippen molar-refractivity contribution in [3.05, 3.63) is 60.2 Å². The average molecular weight is 382 g/mol. The molecule has 2 aromatic rings. The number of hydrogen-bond donors (Lipinski definition) is 1. The molecule has 1 atom stereocenters. The van der Waals surface area contributed by atoms with Crippen molar-refractivity contribution in [3.8, 4) is 0 Å². The van der Waals surface area contributed by atoms with Gasteiger partial charge in [-0.15, -0.1) is 0 Å². The lowest BCUT2D eigenvalue weighted by atomic mass is 10.2. The lowest BCUT2D eigenvalue weighted by molar-refractivity contribution is -0.125. The Kier molecular flexibility index (Phi) is 8.20. The van der Waals surface area contributed by atoms with Crippen LogP contribution in [0.3, 0.4) is 0 Å². The molecule has 0 bridgehead atoms. The van der Waals surface area contributed by atoms with Crippen molar-refractivity contribution < 1.29 is 9.59 Å². The predicted octanol–water partition coefficient (Wildman–Crippen LogP) is 4.09. The van der Waals surface area contributed by atoms with Gasteiger partial charge in [-0.05, 0) is 57.5 Å². The predicted molar refractivity (Wildman–Crippen MR) is 116 cm³/mol. The molecule has 0 aliphatic heterocycles. The largest absolute Gasteiger partial charge is 0.325 e. The summed E-state index contributed by atoms with van der Waals surface area (Å²) in [6.07, 6.45) is 0.868. The van der Waals surface area contributed by atoms with E-state index >= 15 is 0 Å². The summed E-state index contributed by atoms with van der Waals surface area (Å²) in [5.41, 5.74) is 2.70. The highest BCUT2D eigenvalue weighted by Gasteiger charge is 2.27. The molecular weight excluding hydrogens is 350 g/mol. The number of anilines is 2. The Morgan fingerprint density at radius 3 is 2.25 bits per heavy atom. The highest BCUT2D eigenvalue weighted by molar-refractivity contribution is 5.98. The molecule has 150 valence electrons. The first-order valence-corrected chi connectivity index (χ1v) is 9.93. The molecule has 2 aromatic carbocycles. The van der Waals surface area contributed by atoms with Gasteiger partial charge in [0.25, 0.3) is 0 Å². The average Bonchev–Trinajstić information content (AvgIpc) is 2.70.